The van der Waals surface area contributed by atoms with Gasteiger partial charge in [0, 0.05) is 5.39 Å². The number of carbonyl (C=O) groups is 1. The van der Waals surface area contributed by atoms with E-state index < -0.39 is 0 Å². The van der Waals surface area contributed by atoms with Gasteiger partial charge in [-0.15, -0.1) is 0 Å². The number of aromatic nitrogens is 1. The van der Waals surface area contributed by atoms with E-state index in [0.717, 1.165) is 21.5 Å². The quantitative estimate of drug-likeness (QED) is 0.697. The third kappa shape index (κ3) is 3.95. The minimum Gasteiger partial charge on any atom is -0.349 e. The highest BCUT2D eigenvalue weighted by Gasteiger charge is 2.10. The van der Waals surface area contributed by atoms with Gasteiger partial charge in [0.25, 0.3) is 0 Å². The molecule has 1 unspecified atom stereocenters. The Labute approximate surface area is 146 Å². The lowest BCUT2D eigenvalue weighted by Crippen LogP contribution is -2.28. The summed E-state index contributed by atoms with van der Waals surface area (Å²) in [5.74, 6) is 0.381. The van der Waals surface area contributed by atoms with Crippen molar-refractivity contribution in [2.75, 3.05) is 5.75 Å². The van der Waals surface area contributed by atoms with Crippen molar-refractivity contribution in [1.29, 1.82) is 0 Å². The number of hydrogen-bond acceptors (Lipinski definition) is 3. The Morgan fingerprint density at radius 1 is 1.12 bits per heavy atom. The molecule has 0 saturated heterocycles. The molecule has 1 atom stereocenters. The largest absolute Gasteiger partial charge is 0.349 e. The Morgan fingerprint density at radius 2 is 1.83 bits per heavy atom. The predicted octanol–water partition coefficient (Wildman–Crippen LogP) is 4.51. The number of benzene rings is 2. The average Bonchev–Trinajstić information content (AvgIpc) is 2.61. The summed E-state index contributed by atoms with van der Waals surface area (Å²) >= 11 is 1.47. The normalized spacial score (nSPS) is 12.1. The first-order chi connectivity index (χ1) is 11.6. The minimum atomic E-state index is 0.00518. The van der Waals surface area contributed by atoms with Crippen LogP contribution < -0.4 is 5.32 Å². The number of hydrogen-bond donors (Lipinski definition) is 1. The second kappa shape index (κ2) is 7.49. The Kier molecular flexibility index (Phi) is 5.16. The van der Waals surface area contributed by atoms with Gasteiger partial charge < -0.3 is 5.32 Å². The van der Waals surface area contributed by atoms with Crippen LogP contribution >= 0.6 is 11.8 Å². The van der Waals surface area contributed by atoms with Crippen LogP contribution in [0, 0.1) is 6.92 Å². The van der Waals surface area contributed by atoms with Gasteiger partial charge in [-0.3, -0.25) is 4.79 Å². The van der Waals surface area contributed by atoms with Crippen LogP contribution in [0.3, 0.4) is 0 Å². The van der Waals surface area contributed by atoms with Crippen molar-refractivity contribution in [3.05, 3.63) is 71.8 Å². The molecule has 24 heavy (non-hydrogen) atoms. The van der Waals surface area contributed by atoms with Crippen LogP contribution in [0.2, 0.25) is 0 Å². The van der Waals surface area contributed by atoms with E-state index >= 15 is 0 Å². The fraction of sp³-hybridized carbons (Fsp3) is 0.200. The first-order valence-corrected chi connectivity index (χ1v) is 8.95. The molecule has 3 rings (SSSR count). The predicted molar refractivity (Wildman–Crippen MR) is 100 cm³/mol. The van der Waals surface area contributed by atoms with Crippen molar-refractivity contribution < 1.29 is 4.79 Å². The van der Waals surface area contributed by atoms with Crippen molar-refractivity contribution in [2.24, 2.45) is 0 Å². The number of para-hydroxylation sites is 1. The topological polar surface area (TPSA) is 42.0 Å². The number of rotatable bonds is 5. The number of fused-ring (bicyclic) bond motifs is 1. The fourth-order valence-electron chi connectivity index (χ4n) is 2.64. The van der Waals surface area contributed by atoms with Crippen LogP contribution in [0.25, 0.3) is 10.9 Å². The fourth-order valence-corrected chi connectivity index (χ4v) is 3.43. The second-order valence-electron chi connectivity index (χ2n) is 5.78. The number of nitrogens with zero attached hydrogens (tertiary/aromatic N) is 1. The van der Waals surface area contributed by atoms with E-state index in [9.17, 15) is 4.79 Å². The zero-order chi connectivity index (χ0) is 16.9. The third-order valence-corrected chi connectivity index (χ3v) is 4.84. The standard InChI is InChI=1S/C20H20N2OS/c1-14-12-20(22-18-11-7-6-10-17(14)18)24-13-19(23)21-15(2)16-8-4-3-5-9-16/h3-12,15H,13H2,1-2H3,(H,21,23). The molecular weight excluding hydrogens is 316 g/mol. The molecule has 0 aliphatic rings. The maximum absolute atomic E-state index is 12.2. The van der Waals surface area contributed by atoms with Gasteiger partial charge in [0.05, 0.1) is 22.3 Å². The van der Waals surface area contributed by atoms with E-state index in [1.54, 1.807) is 0 Å². The van der Waals surface area contributed by atoms with Gasteiger partial charge in [-0.2, -0.15) is 0 Å². The number of aryl methyl sites for hydroxylation is 1. The lowest BCUT2D eigenvalue weighted by Gasteiger charge is -2.14. The van der Waals surface area contributed by atoms with Crippen molar-refractivity contribution in [1.82, 2.24) is 10.3 Å². The van der Waals surface area contributed by atoms with Crippen LogP contribution in [0.15, 0.2) is 65.7 Å². The van der Waals surface area contributed by atoms with Crippen LogP contribution in [0.4, 0.5) is 0 Å². The molecule has 0 aliphatic carbocycles. The summed E-state index contributed by atoms with van der Waals surface area (Å²) < 4.78 is 0. The Bertz CT molecular complexity index is 849. The van der Waals surface area contributed by atoms with Crippen molar-refractivity contribution in [3.8, 4) is 0 Å². The summed E-state index contributed by atoms with van der Waals surface area (Å²) in [5, 5.41) is 5.07. The zero-order valence-electron chi connectivity index (χ0n) is 13.8. The molecule has 0 fully saturated rings. The van der Waals surface area contributed by atoms with Gasteiger partial charge in [0.15, 0.2) is 0 Å². The number of thioether (sulfide) groups is 1. The molecule has 3 aromatic rings. The van der Waals surface area contributed by atoms with Gasteiger partial charge in [0.1, 0.15) is 0 Å². The van der Waals surface area contributed by atoms with Gasteiger partial charge in [-0.1, -0.05) is 60.3 Å². The zero-order valence-corrected chi connectivity index (χ0v) is 14.6. The van der Waals surface area contributed by atoms with Crippen LogP contribution in [-0.4, -0.2) is 16.6 Å². The molecule has 1 aromatic heterocycles. The van der Waals surface area contributed by atoms with Crippen LogP contribution in [0.5, 0.6) is 0 Å². The molecule has 1 heterocycles. The number of amides is 1. The summed E-state index contributed by atoms with van der Waals surface area (Å²) in [6.07, 6.45) is 0. The summed E-state index contributed by atoms with van der Waals surface area (Å²) in [7, 11) is 0. The monoisotopic (exact) mass is 336 g/mol. The van der Waals surface area contributed by atoms with E-state index in [1.165, 1.54) is 17.3 Å². The molecule has 4 heteroatoms. The third-order valence-electron chi connectivity index (χ3n) is 3.93. The minimum absolute atomic E-state index is 0.00518. The number of carbonyl (C=O) groups excluding carboxylic acids is 1. The lowest BCUT2D eigenvalue weighted by molar-refractivity contribution is -0.119. The van der Waals surface area contributed by atoms with E-state index in [0.29, 0.717) is 5.75 Å². The second-order valence-corrected chi connectivity index (χ2v) is 6.78. The Morgan fingerprint density at radius 3 is 2.62 bits per heavy atom. The molecule has 0 aliphatic heterocycles. The summed E-state index contributed by atoms with van der Waals surface area (Å²) in [4.78, 5) is 16.8. The van der Waals surface area contributed by atoms with Crippen molar-refractivity contribution in [2.45, 2.75) is 24.9 Å². The number of nitrogens with one attached hydrogen (secondary N) is 1. The molecule has 0 spiro atoms. The SMILES string of the molecule is Cc1cc(SCC(=O)NC(C)c2ccccc2)nc2ccccc12. The molecule has 2 aromatic carbocycles. The smallest absolute Gasteiger partial charge is 0.230 e. The van der Waals surface area contributed by atoms with Gasteiger partial charge in [-0.25, -0.2) is 4.98 Å². The van der Waals surface area contributed by atoms with Crippen LogP contribution in [-0.2, 0) is 4.79 Å². The molecule has 0 saturated carbocycles. The molecule has 3 nitrogen and oxygen atoms in total. The Balaban J connectivity index is 1.62. The maximum atomic E-state index is 12.2. The van der Waals surface area contributed by atoms with Crippen LogP contribution in [0.1, 0.15) is 24.1 Å². The van der Waals surface area contributed by atoms with Crippen molar-refractivity contribution >= 4 is 28.6 Å². The highest BCUT2D eigenvalue weighted by molar-refractivity contribution is 7.99. The average molecular weight is 336 g/mol. The Hall–Kier alpha value is -2.33. The van der Waals surface area contributed by atoms with E-state index in [1.807, 2.05) is 61.5 Å². The number of pyridine rings is 1. The van der Waals surface area contributed by atoms with Gasteiger partial charge >= 0.3 is 0 Å². The summed E-state index contributed by atoms with van der Waals surface area (Å²) in [6, 6.07) is 20.1. The summed E-state index contributed by atoms with van der Waals surface area (Å²) in [5.41, 5.74) is 3.26. The lowest BCUT2D eigenvalue weighted by atomic mass is 10.1. The molecule has 1 N–H and O–H groups in total. The first kappa shape index (κ1) is 16.5. The highest BCUT2D eigenvalue weighted by atomic mass is 32.2. The molecule has 0 radical (unpaired) electrons. The van der Waals surface area contributed by atoms with Crippen molar-refractivity contribution in [3.63, 3.8) is 0 Å². The summed E-state index contributed by atoms with van der Waals surface area (Å²) in [6.45, 7) is 4.07. The van der Waals surface area contributed by atoms with E-state index in [2.05, 4.69) is 23.3 Å². The first-order valence-electron chi connectivity index (χ1n) is 7.97. The molecular formula is C20H20N2OS. The molecule has 0 bridgehead atoms. The van der Waals surface area contributed by atoms with E-state index in [4.69, 9.17) is 0 Å². The molecule has 1 amide bonds. The maximum Gasteiger partial charge on any atom is 0.230 e. The molecule has 122 valence electrons. The van der Waals surface area contributed by atoms with Gasteiger partial charge in [0.2, 0.25) is 5.91 Å². The highest BCUT2D eigenvalue weighted by Crippen LogP contribution is 2.23. The van der Waals surface area contributed by atoms with E-state index in [-0.39, 0.29) is 11.9 Å². The van der Waals surface area contributed by atoms with Gasteiger partial charge in [-0.05, 0) is 37.1 Å².